The maximum absolute atomic E-state index is 13.0. The summed E-state index contributed by atoms with van der Waals surface area (Å²) in [5.74, 6) is -0.879. The molecule has 0 aliphatic carbocycles. The van der Waals surface area contributed by atoms with Gasteiger partial charge < -0.3 is 30.9 Å². The Morgan fingerprint density at radius 1 is 1.09 bits per heavy atom. The summed E-state index contributed by atoms with van der Waals surface area (Å²) in [6.45, 7) is 11.5. The number of amides is 2. The predicted molar refractivity (Wildman–Crippen MR) is 174 cm³/mol. The molecule has 0 bridgehead atoms. The molecule has 44 heavy (non-hydrogen) atoms. The van der Waals surface area contributed by atoms with E-state index < -0.39 is 18.1 Å². The first kappa shape index (κ1) is 34.9. The first-order valence-corrected chi connectivity index (χ1v) is 16.3. The molecular formula is C32H47N7O4S. The number of benzene rings is 1. The van der Waals surface area contributed by atoms with Crippen molar-refractivity contribution in [2.24, 2.45) is 5.73 Å². The summed E-state index contributed by atoms with van der Waals surface area (Å²) in [7, 11) is 0. The molecule has 0 radical (unpaired) electrons. The molecule has 0 saturated carbocycles. The van der Waals surface area contributed by atoms with E-state index in [2.05, 4.69) is 43.9 Å². The van der Waals surface area contributed by atoms with Gasteiger partial charge in [0.2, 0.25) is 11.8 Å². The number of thiazole rings is 1. The largest absolute Gasteiger partial charge is 0.480 e. The lowest BCUT2D eigenvalue weighted by Gasteiger charge is -2.31. The summed E-state index contributed by atoms with van der Waals surface area (Å²) in [4.78, 5) is 47.2. The number of imidazole rings is 1. The second kappa shape index (κ2) is 17.0. The second-order valence-corrected chi connectivity index (χ2v) is 12.7. The summed E-state index contributed by atoms with van der Waals surface area (Å²) in [6, 6.07) is 8.59. The third-order valence-electron chi connectivity index (χ3n) is 7.42. The van der Waals surface area contributed by atoms with Crippen LogP contribution in [0.2, 0.25) is 0 Å². The number of likely N-dealkylation sites (tertiary alicyclic amines) is 1. The van der Waals surface area contributed by atoms with Crippen LogP contribution >= 0.6 is 11.3 Å². The summed E-state index contributed by atoms with van der Waals surface area (Å²) >= 11 is 1.45. The maximum Gasteiger partial charge on any atom is 0.320 e. The molecule has 3 aromatic rings. The van der Waals surface area contributed by atoms with Gasteiger partial charge in [-0.1, -0.05) is 57.0 Å². The lowest BCUT2D eigenvalue weighted by Crippen LogP contribution is -2.44. The number of anilines is 1. The van der Waals surface area contributed by atoms with Crippen LogP contribution in [0, 0.1) is 0 Å². The molecule has 3 heterocycles. The van der Waals surface area contributed by atoms with E-state index in [4.69, 9.17) is 10.8 Å². The first-order chi connectivity index (χ1) is 21.0. The normalized spacial score (nSPS) is 14.8. The van der Waals surface area contributed by atoms with Gasteiger partial charge in [-0.05, 0) is 52.6 Å². The van der Waals surface area contributed by atoms with Gasteiger partial charge in [-0.3, -0.25) is 14.4 Å². The fraction of sp³-hybridized carbons (Fsp3) is 0.531. The lowest BCUT2D eigenvalue weighted by molar-refractivity contribution is -0.138. The first-order valence-electron chi connectivity index (χ1n) is 15.4. The molecule has 1 aliphatic heterocycles. The third kappa shape index (κ3) is 10.8. The highest BCUT2D eigenvalue weighted by Gasteiger charge is 2.27. The third-order valence-corrected chi connectivity index (χ3v) is 8.27. The van der Waals surface area contributed by atoms with Crippen LogP contribution in [0.4, 0.5) is 5.82 Å². The molecule has 2 atom stereocenters. The summed E-state index contributed by atoms with van der Waals surface area (Å²) < 4.78 is 2.06. The number of nitrogens with zero attached hydrogens (tertiary/aromatic N) is 4. The predicted octanol–water partition coefficient (Wildman–Crippen LogP) is 4.50. The van der Waals surface area contributed by atoms with E-state index in [1.165, 1.54) is 24.2 Å². The van der Waals surface area contributed by atoms with Crippen molar-refractivity contribution < 1.29 is 19.5 Å². The Balaban J connectivity index is 0.000000583. The minimum absolute atomic E-state index is 0.135. The molecule has 0 spiro atoms. The number of aromatic nitrogens is 3. The van der Waals surface area contributed by atoms with Gasteiger partial charge >= 0.3 is 5.97 Å². The number of aliphatic carboxylic acids is 1. The average molecular weight is 626 g/mol. The molecule has 1 aromatic carbocycles. The fourth-order valence-electron chi connectivity index (χ4n) is 5.01. The van der Waals surface area contributed by atoms with Crippen molar-refractivity contribution in [3.63, 3.8) is 0 Å². The molecule has 1 saturated heterocycles. The van der Waals surface area contributed by atoms with Gasteiger partial charge in [0, 0.05) is 23.7 Å². The number of hydrogen-bond donors (Lipinski definition) is 4. The minimum Gasteiger partial charge on any atom is -0.480 e. The summed E-state index contributed by atoms with van der Waals surface area (Å²) in [5.41, 5.74) is 6.87. The number of carboxylic acids is 1. The van der Waals surface area contributed by atoms with E-state index in [1.807, 2.05) is 55.8 Å². The van der Waals surface area contributed by atoms with E-state index in [9.17, 15) is 14.4 Å². The smallest absolute Gasteiger partial charge is 0.320 e. The number of nitrogens with two attached hydrogens (primary N) is 1. The van der Waals surface area contributed by atoms with Crippen molar-refractivity contribution in [1.29, 1.82) is 0 Å². The van der Waals surface area contributed by atoms with Gasteiger partial charge in [-0.25, -0.2) is 9.97 Å². The highest BCUT2D eigenvalue weighted by molar-refractivity contribution is 7.10. The quantitative estimate of drug-likeness (QED) is 0.204. The highest BCUT2D eigenvalue weighted by atomic mass is 32.1. The number of carboxylic acid groups (broad SMARTS) is 1. The van der Waals surface area contributed by atoms with Crippen LogP contribution in [0.25, 0.3) is 11.3 Å². The Morgan fingerprint density at radius 3 is 2.39 bits per heavy atom. The number of carbonyl (C=O) groups is 3. The van der Waals surface area contributed by atoms with Crippen molar-refractivity contribution in [2.45, 2.75) is 90.3 Å². The standard InChI is InChI=1S/C27H36N6O2S.C5H11NO2/c1-4-10-21(29-24(34)15-25-30-22(17-36-25)20-11-6-5-7-12-20)26(35)31-23-16-33(19-28-23)27(2,3)18-32-13-8-9-14-32;1-2-3-4(6)5(7)8/h5-7,11-12,16-17,19,21H,4,8-10,13-15,18H2,1-3H3,(H,29,34)(H,31,35);4H,2-3,6H2,1H3,(H,7,8). The van der Waals surface area contributed by atoms with Crippen molar-refractivity contribution in [2.75, 3.05) is 25.0 Å². The van der Waals surface area contributed by atoms with Crippen molar-refractivity contribution in [1.82, 2.24) is 24.8 Å². The van der Waals surface area contributed by atoms with E-state index in [0.717, 1.165) is 48.7 Å². The average Bonchev–Trinajstić information content (AvgIpc) is 3.77. The second-order valence-electron chi connectivity index (χ2n) is 11.8. The van der Waals surface area contributed by atoms with Gasteiger partial charge in [0.05, 0.1) is 24.0 Å². The molecule has 2 unspecified atom stereocenters. The highest BCUT2D eigenvalue weighted by Crippen LogP contribution is 2.23. The summed E-state index contributed by atoms with van der Waals surface area (Å²) in [6.07, 6.45) is 9.00. The zero-order valence-electron chi connectivity index (χ0n) is 26.3. The van der Waals surface area contributed by atoms with Crippen LogP contribution in [0.5, 0.6) is 0 Å². The zero-order valence-corrected chi connectivity index (χ0v) is 27.1. The molecule has 11 nitrogen and oxygen atoms in total. The molecule has 2 aromatic heterocycles. The Morgan fingerprint density at radius 2 is 1.77 bits per heavy atom. The van der Waals surface area contributed by atoms with Gasteiger partial charge in [-0.15, -0.1) is 11.3 Å². The number of hydrogen-bond acceptors (Lipinski definition) is 8. The molecule has 5 N–H and O–H groups in total. The Bertz CT molecular complexity index is 1340. The molecule has 240 valence electrons. The van der Waals surface area contributed by atoms with E-state index in [-0.39, 0.29) is 23.8 Å². The van der Waals surface area contributed by atoms with Crippen LogP contribution in [0.1, 0.15) is 71.2 Å². The molecule has 1 fully saturated rings. The van der Waals surface area contributed by atoms with Crippen molar-refractivity contribution in [3.05, 3.63) is 53.2 Å². The van der Waals surface area contributed by atoms with Gasteiger partial charge in [0.25, 0.3) is 0 Å². The van der Waals surface area contributed by atoms with Crippen molar-refractivity contribution >= 4 is 34.9 Å². The number of carbonyl (C=O) groups excluding carboxylic acids is 2. The van der Waals surface area contributed by atoms with Crippen LogP contribution in [-0.2, 0) is 26.3 Å². The van der Waals surface area contributed by atoms with Crippen LogP contribution in [0.3, 0.4) is 0 Å². The van der Waals surface area contributed by atoms with Gasteiger partial charge in [-0.2, -0.15) is 0 Å². The molecule has 2 amide bonds. The molecule has 4 rings (SSSR count). The van der Waals surface area contributed by atoms with Gasteiger partial charge in [0.15, 0.2) is 5.82 Å². The van der Waals surface area contributed by atoms with E-state index >= 15 is 0 Å². The van der Waals surface area contributed by atoms with Gasteiger partial charge in [0.1, 0.15) is 17.1 Å². The molecule has 1 aliphatic rings. The monoisotopic (exact) mass is 625 g/mol. The minimum atomic E-state index is -0.910. The SMILES string of the molecule is CCCC(N)C(=O)O.CCCC(NC(=O)Cc1nc(-c2ccccc2)cs1)C(=O)Nc1cn(C(C)(C)CN2CCCC2)cn1. The Labute approximate surface area is 264 Å². The number of nitrogens with one attached hydrogen (secondary N) is 2. The maximum atomic E-state index is 13.0. The number of rotatable bonds is 14. The van der Waals surface area contributed by atoms with Crippen LogP contribution < -0.4 is 16.4 Å². The van der Waals surface area contributed by atoms with E-state index in [1.54, 1.807) is 6.33 Å². The van der Waals surface area contributed by atoms with Crippen LogP contribution in [-0.4, -0.2) is 74.0 Å². The fourth-order valence-corrected chi connectivity index (χ4v) is 5.81. The Kier molecular flexibility index (Phi) is 13.5. The lowest BCUT2D eigenvalue weighted by atomic mass is 10.1. The summed E-state index contributed by atoms with van der Waals surface area (Å²) in [5, 5.41) is 16.7. The zero-order chi connectivity index (χ0) is 32.1. The van der Waals surface area contributed by atoms with E-state index in [0.29, 0.717) is 18.7 Å². The molecule has 12 heteroatoms. The van der Waals surface area contributed by atoms with Crippen LogP contribution in [0.15, 0.2) is 48.2 Å². The molecular weight excluding hydrogens is 578 g/mol. The van der Waals surface area contributed by atoms with Crippen molar-refractivity contribution in [3.8, 4) is 11.3 Å². The topological polar surface area (TPSA) is 155 Å². The Hall–Kier alpha value is -3.61.